The van der Waals surface area contributed by atoms with Crippen LogP contribution >= 0.6 is 11.3 Å². The summed E-state index contributed by atoms with van der Waals surface area (Å²) in [5, 5.41) is 10.9. The summed E-state index contributed by atoms with van der Waals surface area (Å²) in [6.07, 6.45) is 0.664. The van der Waals surface area contributed by atoms with Crippen LogP contribution in [-0.4, -0.2) is 36.7 Å². The SMILES string of the molecule is CC(=O)NCCCNC(=O)c1csc(Nc2ccc3c(c2)OCO3)n1. The highest BCUT2D eigenvalue weighted by molar-refractivity contribution is 7.14. The van der Waals surface area contributed by atoms with Crippen molar-refractivity contribution in [3.63, 3.8) is 0 Å². The molecule has 0 aliphatic carbocycles. The van der Waals surface area contributed by atoms with Gasteiger partial charge in [0.25, 0.3) is 5.91 Å². The molecule has 2 heterocycles. The third kappa shape index (κ3) is 4.60. The zero-order valence-electron chi connectivity index (χ0n) is 13.6. The van der Waals surface area contributed by atoms with Gasteiger partial charge in [0, 0.05) is 37.1 Å². The van der Waals surface area contributed by atoms with E-state index in [1.54, 1.807) is 5.38 Å². The van der Waals surface area contributed by atoms with Gasteiger partial charge >= 0.3 is 0 Å². The van der Waals surface area contributed by atoms with Crippen LogP contribution in [0.2, 0.25) is 0 Å². The van der Waals surface area contributed by atoms with E-state index < -0.39 is 0 Å². The number of carbonyl (C=O) groups is 2. The Bertz CT molecular complexity index is 777. The Balaban J connectivity index is 1.50. The fourth-order valence-electron chi connectivity index (χ4n) is 2.18. The molecule has 0 radical (unpaired) electrons. The summed E-state index contributed by atoms with van der Waals surface area (Å²) in [5.74, 6) is 1.07. The number of carbonyl (C=O) groups excluding carboxylic acids is 2. The number of nitrogens with one attached hydrogen (secondary N) is 3. The summed E-state index contributed by atoms with van der Waals surface area (Å²) in [5.41, 5.74) is 1.16. The van der Waals surface area contributed by atoms with Crippen molar-refractivity contribution in [1.82, 2.24) is 15.6 Å². The molecular weight excluding hydrogens is 344 g/mol. The number of nitrogens with zero attached hydrogens (tertiary/aromatic N) is 1. The minimum Gasteiger partial charge on any atom is -0.454 e. The number of rotatable bonds is 7. The van der Waals surface area contributed by atoms with Gasteiger partial charge in [-0.3, -0.25) is 9.59 Å². The van der Waals surface area contributed by atoms with E-state index in [1.807, 2.05) is 18.2 Å². The van der Waals surface area contributed by atoms with Gasteiger partial charge in [0.1, 0.15) is 5.69 Å². The molecule has 0 bridgehead atoms. The highest BCUT2D eigenvalue weighted by Gasteiger charge is 2.14. The highest BCUT2D eigenvalue weighted by atomic mass is 32.1. The fourth-order valence-corrected chi connectivity index (χ4v) is 2.89. The van der Waals surface area contributed by atoms with Gasteiger partial charge in [-0.25, -0.2) is 4.98 Å². The van der Waals surface area contributed by atoms with Gasteiger partial charge in [-0.1, -0.05) is 0 Å². The van der Waals surface area contributed by atoms with E-state index in [0.29, 0.717) is 41.8 Å². The zero-order chi connectivity index (χ0) is 17.6. The number of amides is 2. The third-order valence-corrected chi connectivity index (χ3v) is 4.13. The van der Waals surface area contributed by atoms with Gasteiger partial charge in [0.15, 0.2) is 16.6 Å². The number of hydrogen-bond donors (Lipinski definition) is 3. The Kier molecular flexibility index (Phi) is 5.34. The molecule has 1 aliphatic heterocycles. The predicted molar refractivity (Wildman–Crippen MR) is 93.6 cm³/mol. The summed E-state index contributed by atoms with van der Waals surface area (Å²) in [7, 11) is 0. The summed E-state index contributed by atoms with van der Waals surface area (Å²) < 4.78 is 10.6. The molecule has 3 rings (SSSR count). The average Bonchev–Trinajstić information content (AvgIpc) is 3.23. The number of benzene rings is 1. The molecule has 2 aromatic rings. The van der Waals surface area contributed by atoms with Crippen molar-refractivity contribution in [1.29, 1.82) is 0 Å². The van der Waals surface area contributed by atoms with Crippen LogP contribution in [0.15, 0.2) is 23.6 Å². The fraction of sp³-hybridized carbons (Fsp3) is 0.312. The lowest BCUT2D eigenvalue weighted by Gasteiger charge is -2.04. The van der Waals surface area contributed by atoms with Crippen LogP contribution in [-0.2, 0) is 4.79 Å². The largest absolute Gasteiger partial charge is 0.454 e. The van der Waals surface area contributed by atoms with Crippen molar-refractivity contribution in [2.75, 3.05) is 25.2 Å². The minimum absolute atomic E-state index is 0.0786. The Labute approximate surface area is 148 Å². The summed E-state index contributed by atoms with van der Waals surface area (Å²) in [4.78, 5) is 27.1. The lowest BCUT2D eigenvalue weighted by atomic mass is 10.3. The molecule has 0 saturated carbocycles. The molecule has 0 atom stereocenters. The van der Waals surface area contributed by atoms with E-state index in [4.69, 9.17) is 9.47 Å². The molecule has 25 heavy (non-hydrogen) atoms. The van der Waals surface area contributed by atoms with Crippen molar-refractivity contribution < 1.29 is 19.1 Å². The van der Waals surface area contributed by atoms with E-state index in [1.165, 1.54) is 18.3 Å². The Morgan fingerprint density at radius 2 is 2.00 bits per heavy atom. The monoisotopic (exact) mass is 362 g/mol. The Morgan fingerprint density at radius 1 is 1.20 bits per heavy atom. The van der Waals surface area contributed by atoms with Crippen LogP contribution in [0.3, 0.4) is 0 Å². The maximum atomic E-state index is 12.0. The quantitative estimate of drug-likeness (QED) is 0.650. The molecule has 9 heteroatoms. The molecule has 3 N–H and O–H groups in total. The van der Waals surface area contributed by atoms with Crippen LogP contribution in [0.4, 0.5) is 10.8 Å². The minimum atomic E-state index is -0.238. The Morgan fingerprint density at radius 3 is 2.84 bits per heavy atom. The first kappa shape index (κ1) is 17.0. The summed E-state index contributed by atoms with van der Waals surface area (Å²) in [6.45, 7) is 2.69. The molecule has 0 unspecified atom stereocenters. The standard InChI is InChI=1S/C16H18N4O4S/c1-10(21)17-5-2-6-18-15(22)12-8-25-16(20-12)19-11-3-4-13-14(7-11)24-9-23-13/h3-4,7-8H,2,5-6,9H2,1H3,(H,17,21)(H,18,22)(H,19,20). The van der Waals surface area contributed by atoms with Gasteiger partial charge in [-0.15, -0.1) is 11.3 Å². The van der Waals surface area contributed by atoms with Crippen LogP contribution in [0.1, 0.15) is 23.8 Å². The third-order valence-electron chi connectivity index (χ3n) is 3.37. The summed E-state index contributed by atoms with van der Waals surface area (Å²) in [6, 6.07) is 5.50. The number of anilines is 2. The van der Waals surface area contributed by atoms with Crippen molar-refractivity contribution in [2.45, 2.75) is 13.3 Å². The van der Waals surface area contributed by atoms with Gasteiger partial charge in [-0.2, -0.15) is 0 Å². The number of fused-ring (bicyclic) bond motifs is 1. The van der Waals surface area contributed by atoms with Crippen LogP contribution in [0.5, 0.6) is 11.5 Å². The molecule has 0 fully saturated rings. The van der Waals surface area contributed by atoms with E-state index >= 15 is 0 Å². The van der Waals surface area contributed by atoms with Gasteiger partial charge < -0.3 is 25.4 Å². The van der Waals surface area contributed by atoms with Crippen LogP contribution in [0, 0.1) is 0 Å². The van der Waals surface area contributed by atoms with Gasteiger partial charge in [0.05, 0.1) is 0 Å². The van der Waals surface area contributed by atoms with E-state index in [-0.39, 0.29) is 18.6 Å². The maximum Gasteiger partial charge on any atom is 0.270 e. The normalized spacial score (nSPS) is 11.9. The van der Waals surface area contributed by atoms with E-state index in [0.717, 1.165) is 5.69 Å². The zero-order valence-corrected chi connectivity index (χ0v) is 14.4. The lowest BCUT2D eigenvalue weighted by Crippen LogP contribution is -2.28. The maximum absolute atomic E-state index is 12.0. The molecule has 1 aliphatic rings. The highest BCUT2D eigenvalue weighted by Crippen LogP contribution is 2.35. The molecular formula is C16H18N4O4S. The van der Waals surface area contributed by atoms with Crippen molar-refractivity contribution in [3.05, 3.63) is 29.3 Å². The number of hydrogen-bond acceptors (Lipinski definition) is 7. The molecule has 1 aromatic heterocycles. The molecule has 132 valence electrons. The second-order valence-electron chi connectivity index (χ2n) is 5.32. The van der Waals surface area contributed by atoms with E-state index in [2.05, 4.69) is 20.9 Å². The van der Waals surface area contributed by atoms with Gasteiger partial charge in [-0.05, 0) is 18.6 Å². The molecule has 1 aromatic carbocycles. The van der Waals surface area contributed by atoms with Crippen molar-refractivity contribution >= 4 is 34.0 Å². The first-order chi connectivity index (χ1) is 12.1. The number of thiazole rings is 1. The predicted octanol–water partition coefficient (Wildman–Crippen LogP) is 1.87. The van der Waals surface area contributed by atoms with Crippen molar-refractivity contribution in [3.8, 4) is 11.5 Å². The van der Waals surface area contributed by atoms with E-state index in [9.17, 15) is 9.59 Å². The molecule has 8 nitrogen and oxygen atoms in total. The Hall–Kier alpha value is -2.81. The first-order valence-electron chi connectivity index (χ1n) is 7.76. The number of ether oxygens (including phenoxy) is 2. The lowest BCUT2D eigenvalue weighted by molar-refractivity contribution is -0.118. The molecule has 0 saturated heterocycles. The van der Waals surface area contributed by atoms with Crippen LogP contribution in [0.25, 0.3) is 0 Å². The molecule has 2 amide bonds. The molecule has 0 spiro atoms. The first-order valence-corrected chi connectivity index (χ1v) is 8.64. The second-order valence-corrected chi connectivity index (χ2v) is 6.18. The van der Waals surface area contributed by atoms with Gasteiger partial charge in [0.2, 0.25) is 12.7 Å². The second kappa shape index (κ2) is 7.84. The number of aromatic nitrogens is 1. The van der Waals surface area contributed by atoms with Crippen molar-refractivity contribution in [2.24, 2.45) is 0 Å². The topological polar surface area (TPSA) is 102 Å². The average molecular weight is 362 g/mol. The van der Waals surface area contributed by atoms with Crippen LogP contribution < -0.4 is 25.4 Å². The smallest absolute Gasteiger partial charge is 0.270 e. The summed E-state index contributed by atoms with van der Waals surface area (Å²) >= 11 is 1.34.